The summed E-state index contributed by atoms with van der Waals surface area (Å²) in [6.07, 6.45) is 1.00. The number of aromatic nitrogens is 2. The van der Waals surface area contributed by atoms with Crippen molar-refractivity contribution in [1.82, 2.24) is 9.55 Å². The van der Waals surface area contributed by atoms with Gasteiger partial charge < -0.3 is 10.3 Å². The molecule has 0 amide bonds. The maximum Gasteiger partial charge on any atom is 0.201 e. The van der Waals surface area contributed by atoms with Crippen LogP contribution in [0.5, 0.6) is 0 Å². The highest BCUT2D eigenvalue weighted by molar-refractivity contribution is 14.1. The van der Waals surface area contributed by atoms with E-state index in [0.29, 0.717) is 15.4 Å². The zero-order valence-corrected chi connectivity index (χ0v) is 12.0. The maximum absolute atomic E-state index is 13.5. The van der Waals surface area contributed by atoms with Gasteiger partial charge in [0.2, 0.25) is 5.95 Å². The number of benzene rings is 1. The van der Waals surface area contributed by atoms with Crippen molar-refractivity contribution in [3.05, 3.63) is 21.5 Å². The van der Waals surface area contributed by atoms with E-state index in [9.17, 15) is 4.39 Å². The number of nitrogens with zero attached hydrogens (tertiary/aromatic N) is 2. The van der Waals surface area contributed by atoms with Crippen LogP contribution < -0.4 is 5.73 Å². The molecule has 0 radical (unpaired) electrons. The molecule has 0 unspecified atom stereocenters. The van der Waals surface area contributed by atoms with Gasteiger partial charge in [-0.05, 0) is 41.0 Å². The fourth-order valence-electron chi connectivity index (χ4n) is 1.76. The summed E-state index contributed by atoms with van der Waals surface area (Å²) in [6.45, 7) is 5.08. The Kier molecular flexibility index (Phi) is 3.56. The zero-order chi connectivity index (χ0) is 12.6. The van der Waals surface area contributed by atoms with Crippen LogP contribution >= 0.6 is 22.6 Å². The van der Waals surface area contributed by atoms with Crippen LogP contribution in [0.25, 0.3) is 11.0 Å². The number of imidazole rings is 1. The van der Waals surface area contributed by atoms with E-state index in [1.54, 1.807) is 6.07 Å². The Morgan fingerprint density at radius 1 is 1.47 bits per heavy atom. The Labute approximate surface area is 113 Å². The molecule has 0 aliphatic carbocycles. The predicted molar refractivity (Wildman–Crippen MR) is 76.3 cm³/mol. The number of aryl methyl sites for hydroxylation is 1. The van der Waals surface area contributed by atoms with Gasteiger partial charge in [-0.15, -0.1) is 0 Å². The highest BCUT2D eigenvalue weighted by Gasteiger charge is 2.11. The molecule has 2 rings (SSSR count). The molecule has 0 aliphatic rings. The van der Waals surface area contributed by atoms with Gasteiger partial charge in [-0.3, -0.25) is 0 Å². The topological polar surface area (TPSA) is 43.8 Å². The molecule has 0 atom stereocenters. The van der Waals surface area contributed by atoms with Crippen molar-refractivity contribution in [2.45, 2.75) is 26.8 Å². The first-order chi connectivity index (χ1) is 7.99. The van der Waals surface area contributed by atoms with Crippen LogP contribution in [0, 0.1) is 15.3 Å². The van der Waals surface area contributed by atoms with Crippen LogP contribution in [0.2, 0.25) is 0 Å². The molecule has 2 aromatic rings. The van der Waals surface area contributed by atoms with Crippen molar-refractivity contribution in [2.24, 2.45) is 5.92 Å². The molecule has 0 fully saturated rings. The Morgan fingerprint density at radius 3 is 2.82 bits per heavy atom. The van der Waals surface area contributed by atoms with Crippen LogP contribution in [-0.4, -0.2) is 9.55 Å². The molecular weight excluding hydrogens is 332 g/mol. The predicted octanol–water partition coefficient (Wildman–Crippen LogP) is 3.41. The van der Waals surface area contributed by atoms with Crippen molar-refractivity contribution < 1.29 is 4.39 Å². The SMILES string of the molecule is CC(C)CCn1c(N)nc2cc(I)c(F)cc21. The minimum atomic E-state index is -0.219. The van der Waals surface area contributed by atoms with E-state index in [1.165, 1.54) is 6.07 Å². The second-order valence-electron chi connectivity index (χ2n) is 4.56. The Balaban J connectivity index is 2.47. The maximum atomic E-state index is 13.5. The first-order valence-corrected chi connectivity index (χ1v) is 6.67. The normalized spacial score (nSPS) is 11.6. The number of halogens is 2. The number of nitrogens with two attached hydrogens (primary N) is 1. The summed E-state index contributed by atoms with van der Waals surface area (Å²) < 4.78 is 16.0. The third kappa shape index (κ3) is 2.53. The Hall–Kier alpha value is -0.850. The van der Waals surface area contributed by atoms with E-state index in [2.05, 4.69) is 18.8 Å². The van der Waals surface area contributed by atoms with Crippen molar-refractivity contribution >= 4 is 39.6 Å². The van der Waals surface area contributed by atoms with E-state index >= 15 is 0 Å². The van der Waals surface area contributed by atoms with Gasteiger partial charge in [0.15, 0.2) is 0 Å². The van der Waals surface area contributed by atoms with Gasteiger partial charge in [0.1, 0.15) is 5.82 Å². The van der Waals surface area contributed by atoms with Crippen molar-refractivity contribution in [3.8, 4) is 0 Å². The summed E-state index contributed by atoms with van der Waals surface area (Å²) in [4.78, 5) is 4.26. The molecular formula is C12H15FIN3. The van der Waals surface area contributed by atoms with Gasteiger partial charge in [-0.2, -0.15) is 0 Å². The van der Waals surface area contributed by atoms with Gasteiger partial charge in [-0.25, -0.2) is 9.37 Å². The first-order valence-electron chi connectivity index (χ1n) is 5.59. The molecule has 1 heterocycles. The summed E-state index contributed by atoms with van der Waals surface area (Å²) >= 11 is 1.96. The summed E-state index contributed by atoms with van der Waals surface area (Å²) in [7, 11) is 0. The number of fused-ring (bicyclic) bond motifs is 1. The van der Waals surface area contributed by atoms with Crippen molar-refractivity contribution in [1.29, 1.82) is 0 Å². The lowest BCUT2D eigenvalue weighted by atomic mass is 10.1. The van der Waals surface area contributed by atoms with Gasteiger partial charge in [-0.1, -0.05) is 13.8 Å². The molecule has 17 heavy (non-hydrogen) atoms. The molecule has 5 heteroatoms. The molecule has 0 saturated heterocycles. The van der Waals surface area contributed by atoms with Crippen LogP contribution in [0.1, 0.15) is 20.3 Å². The number of rotatable bonds is 3. The smallest absolute Gasteiger partial charge is 0.201 e. The second kappa shape index (κ2) is 4.80. The first kappa shape index (κ1) is 12.6. The van der Waals surface area contributed by atoms with E-state index < -0.39 is 0 Å². The summed E-state index contributed by atoms with van der Waals surface area (Å²) in [5.74, 6) is 0.825. The minimum absolute atomic E-state index is 0.219. The third-order valence-corrected chi connectivity index (χ3v) is 3.58. The largest absolute Gasteiger partial charge is 0.369 e. The number of hydrogen-bond donors (Lipinski definition) is 1. The molecule has 0 saturated carbocycles. The fraction of sp³-hybridized carbons (Fsp3) is 0.417. The average Bonchev–Trinajstić information content (AvgIpc) is 2.52. The van der Waals surface area contributed by atoms with Gasteiger partial charge in [0.25, 0.3) is 0 Å². The standard InChI is InChI=1S/C12H15FIN3/c1-7(2)3-4-17-11-5-8(13)9(14)6-10(11)16-12(17)15/h5-7H,3-4H2,1-2H3,(H2,15,16). The molecule has 0 spiro atoms. The van der Waals surface area contributed by atoms with Crippen LogP contribution in [-0.2, 0) is 6.54 Å². The van der Waals surface area contributed by atoms with E-state index in [4.69, 9.17) is 5.73 Å². The minimum Gasteiger partial charge on any atom is -0.369 e. The van der Waals surface area contributed by atoms with Crippen LogP contribution in [0.15, 0.2) is 12.1 Å². The van der Waals surface area contributed by atoms with Gasteiger partial charge >= 0.3 is 0 Å². The lowest BCUT2D eigenvalue weighted by Crippen LogP contribution is -2.05. The molecule has 0 aliphatic heterocycles. The molecule has 2 N–H and O–H groups in total. The molecule has 92 valence electrons. The lowest BCUT2D eigenvalue weighted by molar-refractivity contribution is 0.525. The number of anilines is 1. The third-order valence-electron chi connectivity index (χ3n) is 2.75. The molecule has 3 nitrogen and oxygen atoms in total. The highest BCUT2D eigenvalue weighted by atomic mass is 127. The lowest BCUT2D eigenvalue weighted by Gasteiger charge is -2.08. The zero-order valence-electron chi connectivity index (χ0n) is 9.87. The van der Waals surface area contributed by atoms with E-state index in [0.717, 1.165) is 24.0 Å². The Bertz CT molecular complexity index is 548. The Morgan fingerprint density at radius 2 is 2.18 bits per heavy atom. The highest BCUT2D eigenvalue weighted by Crippen LogP contribution is 2.23. The molecule has 0 bridgehead atoms. The summed E-state index contributed by atoms with van der Waals surface area (Å²) in [5, 5.41) is 0. The van der Waals surface area contributed by atoms with Crippen LogP contribution in [0.4, 0.5) is 10.3 Å². The molecule has 1 aromatic heterocycles. The summed E-state index contributed by atoms with van der Waals surface area (Å²) in [5.41, 5.74) is 7.41. The fourth-order valence-corrected chi connectivity index (χ4v) is 2.21. The number of hydrogen-bond acceptors (Lipinski definition) is 2. The van der Waals surface area contributed by atoms with E-state index in [1.807, 2.05) is 27.2 Å². The summed E-state index contributed by atoms with van der Waals surface area (Å²) in [6, 6.07) is 3.24. The monoisotopic (exact) mass is 347 g/mol. The van der Waals surface area contributed by atoms with Crippen LogP contribution in [0.3, 0.4) is 0 Å². The number of nitrogen functional groups attached to an aromatic ring is 1. The average molecular weight is 347 g/mol. The van der Waals surface area contributed by atoms with E-state index in [-0.39, 0.29) is 5.82 Å². The van der Waals surface area contributed by atoms with Crippen molar-refractivity contribution in [2.75, 3.05) is 5.73 Å². The van der Waals surface area contributed by atoms with Gasteiger partial charge in [0, 0.05) is 12.6 Å². The quantitative estimate of drug-likeness (QED) is 0.865. The second-order valence-corrected chi connectivity index (χ2v) is 5.72. The molecule has 1 aromatic carbocycles. The van der Waals surface area contributed by atoms with Crippen molar-refractivity contribution in [3.63, 3.8) is 0 Å². The van der Waals surface area contributed by atoms with Gasteiger partial charge in [0.05, 0.1) is 14.6 Å².